The maximum atomic E-state index is 13.2. The molecule has 0 unspecified atom stereocenters. The third kappa shape index (κ3) is 5.27. The smallest absolute Gasteiger partial charge is 0.335 e. The Kier molecular flexibility index (Phi) is 6.84. The number of imide groups is 1. The minimum atomic E-state index is -1.10. The lowest BCUT2D eigenvalue weighted by molar-refractivity contribution is 0.0686. The lowest BCUT2D eigenvalue weighted by atomic mass is 10.1. The first kappa shape index (κ1) is 26.5. The van der Waals surface area contributed by atoms with Crippen LogP contribution in [-0.4, -0.2) is 45.8 Å². The Morgan fingerprint density at radius 2 is 0.927 bits per heavy atom. The van der Waals surface area contributed by atoms with Gasteiger partial charge >= 0.3 is 11.9 Å². The number of carboxylic acid groups (broad SMARTS) is 2. The lowest BCUT2D eigenvalue weighted by Gasteiger charge is -2.14. The summed E-state index contributed by atoms with van der Waals surface area (Å²) < 4.78 is 0. The first-order chi connectivity index (χ1) is 19.6. The Hall–Kier alpha value is -6.10. The minimum absolute atomic E-state index is 0.0375. The molecule has 0 aliphatic carbocycles. The van der Waals surface area contributed by atoms with Gasteiger partial charge in [-0.05, 0) is 91.0 Å². The Bertz CT molecular complexity index is 1740. The highest BCUT2D eigenvalue weighted by Gasteiger charge is 2.37. The van der Waals surface area contributed by atoms with Crippen LogP contribution in [0.3, 0.4) is 0 Å². The van der Waals surface area contributed by atoms with Gasteiger partial charge in [0.15, 0.2) is 0 Å². The summed E-state index contributed by atoms with van der Waals surface area (Å²) in [6.45, 7) is 0. The van der Waals surface area contributed by atoms with Gasteiger partial charge in [0, 0.05) is 22.5 Å². The van der Waals surface area contributed by atoms with Gasteiger partial charge in [-0.25, -0.2) is 14.5 Å². The average molecular weight is 549 g/mol. The second-order valence-electron chi connectivity index (χ2n) is 8.93. The standard InChI is InChI=1S/C30H19N3O8/c34-25(31-20-8-1-17(2-9-20)29(38)39)16-5-12-22(13-6-16)33-27(36)23-14-7-19(15-24(23)28(33)37)26(35)32-21-10-3-18(4-11-21)30(40)41/h1-15H,(H,31,34)(H,32,35)(H,38,39)(H,40,41). The van der Waals surface area contributed by atoms with E-state index < -0.39 is 35.6 Å². The molecule has 0 fully saturated rings. The van der Waals surface area contributed by atoms with Crippen LogP contribution in [0.2, 0.25) is 0 Å². The van der Waals surface area contributed by atoms with Crippen LogP contribution in [0.1, 0.15) is 62.1 Å². The van der Waals surface area contributed by atoms with Crippen LogP contribution in [-0.2, 0) is 0 Å². The summed E-state index contributed by atoms with van der Waals surface area (Å²) in [5, 5.41) is 23.3. The predicted octanol–water partition coefficient (Wildman–Crippen LogP) is 4.39. The quantitative estimate of drug-likeness (QED) is 0.246. The van der Waals surface area contributed by atoms with E-state index in [1.807, 2.05) is 0 Å². The Labute approximate surface area is 231 Å². The highest BCUT2D eigenvalue weighted by molar-refractivity contribution is 6.35. The molecule has 4 aromatic rings. The average Bonchev–Trinajstić information content (AvgIpc) is 3.22. The molecule has 11 nitrogen and oxygen atoms in total. The van der Waals surface area contributed by atoms with Gasteiger partial charge in [0.1, 0.15) is 0 Å². The van der Waals surface area contributed by atoms with Crippen molar-refractivity contribution < 1.29 is 39.0 Å². The largest absolute Gasteiger partial charge is 0.478 e. The topological polar surface area (TPSA) is 170 Å². The summed E-state index contributed by atoms with van der Waals surface area (Å²) >= 11 is 0. The number of nitrogens with one attached hydrogen (secondary N) is 2. The van der Waals surface area contributed by atoms with Crippen LogP contribution in [0, 0.1) is 0 Å². The van der Waals surface area contributed by atoms with Gasteiger partial charge in [-0.2, -0.15) is 0 Å². The van der Waals surface area contributed by atoms with E-state index in [1.165, 1.54) is 91.0 Å². The summed E-state index contributed by atoms with van der Waals surface area (Å²) in [7, 11) is 0. The number of amides is 4. The van der Waals surface area contributed by atoms with Crippen molar-refractivity contribution in [2.24, 2.45) is 0 Å². The van der Waals surface area contributed by atoms with E-state index in [0.29, 0.717) is 11.4 Å². The van der Waals surface area contributed by atoms with Crippen molar-refractivity contribution >= 4 is 52.6 Å². The first-order valence-corrected chi connectivity index (χ1v) is 12.0. The number of carboxylic acids is 2. The molecule has 11 heteroatoms. The third-order valence-electron chi connectivity index (χ3n) is 6.32. The number of benzene rings is 4. The van der Waals surface area contributed by atoms with Gasteiger partial charge in [-0.1, -0.05) is 0 Å². The number of carbonyl (C=O) groups excluding carboxylic acids is 4. The molecule has 0 bridgehead atoms. The molecule has 1 aliphatic rings. The molecule has 0 saturated heterocycles. The van der Waals surface area contributed by atoms with Crippen LogP contribution in [0.15, 0.2) is 91.0 Å². The van der Waals surface area contributed by atoms with E-state index in [-0.39, 0.29) is 39.1 Å². The molecule has 4 aromatic carbocycles. The van der Waals surface area contributed by atoms with Crippen LogP contribution < -0.4 is 15.5 Å². The van der Waals surface area contributed by atoms with Crippen LogP contribution in [0.4, 0.5) is 17.1 Å². The first-order valence-electron chi connectivity index (χ1n) is 12.0. The van der Waals surface area contributed by atoms with Crippen molar-refractivity contribution in [3.05, 3.63) is 124 Å². The molecule has 5 rings (SSSR count). The number of rotatable bonds is 7. The van der Waals surface area contributed by atoms with Crippen molar-refractivity contribution in [3.8, 4) is 0 Å². The number of hydrogen-bond donors (Lipinski definition) is 4. The van der Waals surface area contributed by atoms with Gasteiger partial charge < -0.3 is 20.8 Å². The molecule has 4 N–H and O–H groups in total. The molecular weight excluding hydrogens is 530 g/mol. The number of fused-ring (bicyclic) bond motifs is 1. The van der Waals surface area contributed by atoms with E-state index in [0.717, 1.165) is 4.90 Å². The molecular formula is C30H19N3O8. The minimum Gasteiger partial charge on any atom is -0.478 e. The van der Waals surface area contributed by atoms with E-state index >= 15 is 0 Å². The molecule has 0 aromatic heterocycles. The Balaban J connectivity index is 1.29. The highest BCUT2D eigenvalue weighted by atomic mass is 16.4. The van der Waals surface area contributed by atoms with Crippen molar-refractivity contribution in [1.29, 1.82) is 0 Å². The SMILES string of the molecule is O=C(O)c1ccc(NC(=O)c2ccc(N3C(=O)c4ccc(C(=O)Nc5ccc(C(=O)O)cc5)cc4C3=O)cc2)cc1. The van der Waals surface area contributed by atoms with Gasteiger partial charge in [-0.3, -0.25) is 19.2 Å². The Morgan fingerprint density at radius 3 is 1.41 bits per heavy atom. The fourth-order valence-corrected chi connectivity index (χ4v) is 4.18. The fraction of sp³-hybridized carbons (Fsp3) is 0. The van der Waals surface area contributed by atoms with E-state index in [4.69, 9.17) is 10.2 Å². The lowest BCUT2D eigenvalue weighted by Crippen LogP contribution is -2.29. The van der Waals surface area contributed by atoms with Gasteiger partial charge in [0.2, 0.25) is 0 Å². The number of nitrogens with zero attached hydrogens (tertiary/aromatic N) is 1. The van der Waals surface area contributed by atoms with Crippen molar-refractivity contribution in [2.75, 3.05) is 15.5 Å². The summed E-state index contributed by atoms with van der Waals surface area (Å²) in [6.07, 6.45) is 0. The normalized spacial score (nSPS) is 12.0. The number of hydrogen-bond acceptors (Lipinski definition) is 6. The van der Waals surface area contributed by atoms with Crippen LogP contribution >= 0.6 is 0 Å². The second-order valence-corrected chi connectivity index (χ2v) is 8.93. The van der Waals surface area contributed by atoms with Crippen LogP contribution in [0.25, 0.3) is 0 Å². The Morgan fingerprint density at radius 1 is 0.512 bits per heavy atom. The maximum Gasteiger partial charge on any atom is 0.335 e. The summed E-state index contributed by atoms with van der Waals surface area (Å²) in [6, 6.07) is 21.1. The van der Waals surface area contributed by atoms with Crippen molar-refractivity contribution in [3.63, 3.8) is 0 Å². The molecule has 41 heavy (non-hydrogen) atoms. The number of carbonyl (C=O) groups is 6. The molecule has 1 heterocycles. The zero-order chi connectivity index (χ0) is 29.3. The zero-order valence-electron chi connectivity index (χ0n) is 21.0. The third-order valence-corrected chi connectivity index (χ3v) is 6.32. The molecule has 0 spiro atoms. The van der Waals surface area contributed by atoms with Crippen molar-refractivity contribution in [2.45, 2.75) is 0 Å². The number of aromatic carboxylic acids is 2. The van der Waals surface area contributed by atoms with Crippen molar-refractivity contribution in [1.82, 2.24) is 0 Å². The summed E-state index contributed by atoms with van der Waals surface area (Å²) in [4.78, 5) is 74.5. The molecule has 0 atom stereocenters. The molecule has 1 aliphatic heterocycles. The van der Waals surface area contributed by atoms with E-state index in [1.54, 1.807) is 0 Å². The highest BCUT2D eigenvalue weighted by Crippen LogP contribution is 2.30. The second kappa shape index (κ2) is 10.6. The zero-order valence-corrected chi connectivity index (χ0v) is 21.0. The maximum absolute atomic E-state index is 13.2. The number of anilines is 3. The van der Waals surface area contributed by atoms with E-state index in [9.17, 15) is 28.8 Å². The van der Waals surface area contributed by atoms with Gasteiger partial charge in [0.25, 0.3) is 23.6 Å². The molecule has 0 radical (unpaired) electrons. The molecule has 202 valence electrons. The fourth-order valence-electron chi connectivity index (χ4n) is 4.18. The van der Waals surface area contributed by atoms with Gasteiger partial charge in [0.05, 0.1) is 27.9 Å². The van der Waals surface area contributed by atoms with Gasteiger partial charge in [-0.15, -0.1) is 0 Å². The van der Waals surface area contributed by atoms with E-state index in [2.05, 4.69) is 10.6 Å². The monoisotopic (exact) mass is 549 g/mol. The van der Waals surface area contributed by atoms with Crippen LogP contribution in [0.5, 0.6) is 0 Å². The predicted molar refractivity (Wildman–Crippen MR) is 147 cm³/mol. The molecule has 0 saturated carbocycles. The summed E-state index contributed by atoms with van der Waals surface area (Å²) in [5.41, 5.74) is 1.62. The summed E-state index contributed by atoms with van der Waals surface area (Å²) in [5.74, 6) is -4.44. The molecule has 4 amide bonds.